The van der Waals surface area contributed by atoms with Crippen LogP contribution in [0.3, 0.4) is 0 Å². The Labute approximate surface area is 194 Å². The molecule has 0 amide bonds. The Morgan fingerprint density at radius 1 is 1.09 bits per heavy atom. The number of benzene rings is 2. The van der Waals surface area contributed by atoms with Gasteiger partial charge in [-0.3, -0.25) is 0 Å². The van der Waals surface area contributed by atoms with Crippen LogP contribution in [0.4, 0.5) is 0 Å². The first-order chi connectivity index (χ1) is 15.3. The summed E-state index contributed by atoms with van der Waals surface area (Å²) < 4.78 is 11.7. The van der Waals surface area contributed by atoms with Crippen molar-refractivity contribution in [2.45, 2.75) is 77.5 Å². The number of β-amino-alcohol motifs (C(OH)–C–C–N with tert-alkyl or cyclic N) is 1. The molecule has 1 unspecified atom stereocenters. The van der Waals surface area contributed by atoms with Crippen molar-refractivity contribution in [1.82, 2.24) is 5.32 Å². The molecule has 1 aliphatic carbocycles. The van der Waals surface area contributed by atoms with Gasteiger partial charge in [-0.05, 0) is 80.7 Å². The fourth-order valence-electron chi connectivity index (χ4n) is 5.06. The number of hydrogen-bond donors (Lipinski definition) is 2. The lowest BCUT2D eigenvalue weighted by atomic mass is 9.88. The Kier molecular flexibility index (Phi) is 8.75. The lowest BCUT2D eigenvalue weighted by molar-refractivity contribution is -0.0161. The number of aliphatic hydroxyl groups excluding tert-OH is 1. The van der Waals surface area contributed by atoms with Crippen LogP contribution in [0.15, 0.2) is 42.5 Å². The van der Waals surface area contributed by atoms with Crippen molar-refractivity contribution in [2.24, 2.45) is 5.92 Å². The minimum atomic E-state index is -0.541. The summed E-state index contributed by atoms with van der Waals surface area (Å²) in [5, 5.41) is 14.2. The molecule has 0 aliphatic heterocycles. The van der Waals surface area contributed by atoms with Gasteiger partial charge in [0.05, 0.1) is 25.9 Å². The molecule has 0 bridgehead atoms. The van der Waals surface area contributed by atoms with Crippen LogP contribution in [0.25, 0.3) is 0 Å². The standard InChI is InChI=1S/C28H41NO3/c1-6-10-27(25-13-9-14-26(31-5)20(25)2)32-19-24(30)18-29-28(3,4)17-21-15-22-11-7-8-12-23(22)16-21/h7-9,11-14,21,24,27,29-30H,6,10,15-19H2,1-5H3/t24?,27-/m1/s1. The number of aliphatic hydroxyl groups is 1. The zero-order valence-corrected chi connectivity index (χ0v) is 20.5. The van der Waals surface area contributed by atoms with E-state index in [0.29, 0.717) is 19.1 Å². The van der Waals surface area contributed by atoms with Crippen LogP contribution in [0.5, 0.6) is 5.75 Å². The summed E-state index contributed by atoms with van der Waals surface area (Å²) in [4.78, 5) is 0. The van der Waals surface area contributed by atoms with Gasteiger partial charge >= 0.3 is 0 Å². The minimum absolute atomic E-state index is 0.0279. The smallest absolute Gasteiger partial charge is 0.122 e. The second-order valence-electron chi connectivity index (χ2n) is 9.95. The Hall–Kier alpha value is -1.88. The molecule has 0 heterocycles. The Morgan fingerprint density at radius 2 is 1.78 bits per heavy atom. The molecule has 2 aromatic carbocycles. The highest BCUT2D eigenvalue weighted by atomic mass is 16.5. The molecule has 1 aliphatic rings. The fourth-order valence-corrected chi connectivity index (χ4v) is 5.06. The molecule has 4 nitrogen and oxygen atoms in total. The molecule has 0 radical (unpaired) electrons. The van der Waals surface area contributed by atoms with Gasteiger partial charge in [0.1, 0.15) is 5.75 Å². The quantitative estimate of drug-likeness (QED) is 0.465. The first-order valence-corrected chi connectivity index (χ1v) is 12.1. The Bertz CT molecular complexity index is 839. The van der Waals surface area contributed by atoms with Crippen molar-refractivity contribution in [3.63, 3.8) is 0 Å². The summed E-state index contributed by atoms with van der Waals surface area (Å²) in [6.07, 6.45) is 4.78. The SMILES string of the molecule is CCC[C@@H](OCC(O)CNC(C)(C)CC1Cc2ccccc2C1)c1cccc(OC)c1C. The zero-order valence-electron chi connectivity index (χ0n) is 20.5. The second-order valence-corrected chi connectivity index (χ2v) is 9.95. The highest BCUT2D eigenvalue weighted by molar-refractivity contribution is 5.40. The van der Waals surface area contributed by atoms with Crippen LogP contribution in [0.2, 0.25) is 0 Å². The van der Waals surface area contributed by atoms with Gasteiger partial charge in [0.2, 0.25) is 0 Å². The van der Waals surface area contributed by atoms with E-state index in [4.69, 9.17) is 9.47 Å². The number of methoxy groups -OCH3 is 1. The van der Waals surface area contributed by atoms with E-state index in [1.54, 1.807) is 7.11 Å². The number of nitrogens with one attached hydrogen (secondary N) is 1. The van der Waals surface area contributed by atoms with E-state index >= 15 is 0 Å². The van der Waals surface area contributed by atoms with Gasteiger partial charge in [-0.15, -0.1) is 0 Å². The van der Waals surface area contributed by atoms with Crippen molar-refractivity contribution in [3.05, 3.63) is 64.7 Å². The van der Waals surface area contributed by atoms with Crippen LogP contribution in [-0.4, -0.2) is 37.0 Å². The van der Waals surface area contributed by atoms with Crippen LogP contribution in [0.1, 0.15) is 68.4 Å². The van der Waals surface area contributed by atoms with Gasteiger partial charge in [0.25, 0.3) is 0 Å². The van der Waals surface area contributed by atoms with Crippen molar-refractivity contribution in [1.29, 1.82) is 0 Å². The third-order valence-corrected chi connectivity index (χ3v) is 6.68. The first-order valence-electron chi connectivity index (χ1n) is 12.1. The van der Waals surface area contributed by atoms with Crippen LogP contribution in [0, 0.1) is 12.8 Å². The van der Waals surface area contributed by atoms with Gasteiger partial charge in [-0.2, -0.15) is 0 Å². The molecule has 0 fully saturated rings. The van der Waals surface area contributed by atoms with Crippen molar-refractivity contribution >= 4 is 0 Å². The van der Waals surface area contributed by atoms with E-state index in [2.05, 4.69) is 63.3 Å². The number of hydrogen-bond acceptors (Lipinski definition) is 4. The van der Waals surface area contributed by atoms with Crippen LogP contribution < -0.4 is 10.1 Å². The number of rotatable bonds is 12. The summed E-state index contributed by atoms with van der Waals surface area (Å²) in [6, 6.07) is 14.9. The Morgan fingerprint density at radius 3 is 2.41 bits per heavy atom. The van der Waals surface area contributed by atoms with Crippen LogP contribution >= 0.6 is 0 Å². The van der Waals surface area contributed by atoms with Gasteiger partial charge in [0, 0.05) is 12.1 Å². The Balaban J connectivity index is 1.48. The average molecular weight is 440 g/mol. The summed E-state index contributed by atoms with van der Waals surface area (Å²) in [6.45, 7) is 9.56. The van der Waals surface area contributed by atoms with Gasteiger partial charge in [0.15, 0.2) is 0 Å². The summed E-state index contributed by atoms with van der Waals surface area (Å²) >= 11 is 0. The van der Waals surface area contributed by atoms with E-state index in [-0.39, 0.29) is 11.6 Å². The van der Waals surface area contributed by atoms with Gasteiger partial charge < -0.3 is 19.9 Å². The second kappa shape index (κ2) is 11.3. The molecule has 0 spiro atoms. The predicted octanol–water partition coefficient (Wildman–Crippen LogP) is 5.40. The van der Waals surface area contributed by atoms with Crippen molar-refractivity contribution in [3.8, 4) is 5.75 Å². The third-order valence-electron chi connectivity index (χ3n) is 6.68. The molecule has 0 aromatic heterocycles. The molecule has 32 heavy (non-hydrogen) atoms. The van der Waals surface area contributed by atoms with E-state index in [1.807, 2.05) is 12.1 Å². The summed E-state index contributed by atoms with van der Waals surface area (Å²) in [5.41, 5.74) is 5.22. The topological polar surface area (TPSA) is 50.7 Å². The van der Waals surface area contributed by atoms with E-state index < -0.39 is 6.10 Å². The zero-order chi connectivity index (χ0) is 23.1. The minimum Gasteiger partial charge on any atom is -0.496 e. The third kappa shape index (κ3) is 6.57. The maximum Gasteiger partial charge on any atom is 0.122 e. The van der Waals surface area contributed by atoms with E-state index in [1.165, 1.54) is 11.1 Å². The lowest BCUT2D eigenvalue weighted by Crippen LogP contribution is -2.45. The molecule has 2 N–H and O–H groups in total. The molecule has 2 atom stereocenters. The predicted molar refractivity (Wildman–Crippen MR) is 131 cm³/mol. The summed E-state index contributed by atoms with van der Waals surface area (Å²) in [7, 11) is 1.70. The molecule has 3 rings (SSSR count). The normalized spacial score (nSPS) is 16.1. The van der Waals surface area contributed by atoms with Crippen molar-refractivity contribution < 1.29 is 14.6 Å². The maximum atomic E-state index is 10.6. The molecule has 4 heteroatoms. The maximum absolute atomic E-state index is 10.6. The highest BCUT2D eigenvalue weighted by Crippen LogP contribution is 2.32. The fraction of sp³-hybridized carbons (Fsp3) is 0.571. The number of fused-ring (bicyclic) bond motifs is 1. The average Bonchev–Trinajstić information content (AvgIpc) is 3.17. The molecule has 2 aromatic rings. The van der Waals surface area contributed by atoms with E-state index in [0.717, 1.165) is 49.0 Å². The van der Waals surface area contributed by atoms with Crippen molar-refractivity contribution in [2.75, 3.05) is 20.3 Å². The van der Waals surface area contributed by atoms with Gasteiger partial charge in [-0.1, -0.05) is 49.7 Å². The van der Waals surface area contributed by atoms with Crippen LogP contribution in [-0.2, 0) is 17.6 Å². The highest BCUT2D eigenvalue weighted by Gasteiger charge is 2.28. The molecular formula is C28H41NO3. The summed E-state index contributed by atoms with van der Waals surface area (Å²) in [5.74, 6) is 1.54. The number of ether oxygens (including phenoxy) is 2. The molecular weight excluding hydrogens is 398 g/mol. The first kappa shape index (κ1) is 24.8. The molecule has 176 valence electrons. The largest absolute Gasteiger partial charge is 0.496 e. The molecule has 0 saturated carbocycles. The van der Waals surface area contributed by atoms with Gasteiger partial charge in [-0.25, -0.2) is 0 Å². The monoisotopic (exact) mass is 439 g/mol. The molecule has 0 saturated heterocycles. The lowest BCUT2D eigenvalue weighted by Gasteiger charge is -2.31. The van der Waals surface area contributed by atoms with E-state index in [9.17, 15) is 5.11 Å².